The molecule has 94 valence electrons. The Bertz CT molecular complexity index is 609. The summed E-state index contributed by atoms with van der Waals surface area (Å²) in [4.78, 5) is 7.43. The lowest BCUT2D eigenvalue weighted by atomic mass is 10.3. The molecule has 0 spiro atoms. The van der Waals surface area contributed by atoms with E-state index < -0.39 is 11.6 Å². The van der Waals surface area contributed by atoms with Gasteiger partial charge in [0.1, 0.15) is 11.6 Å². The van der Waals surface area contributed by atoms with Crippen molar-refractivity contribution in [3.63, 3.8) is 0 Å². The number of benzene rings is 1. The van der Waals surface area contributed by atoms with Gasteiger partial charge in [-0.15, -0.1) is 0 Å². The Morgan fingerprint density at radius 2 is 2.00 bits per heavy atom. The Morgan fingerprint density at radius 3 is 2.72 bits per heavy atom. The lowest BCUT2D eigenvalue weighted by molar-refractivity contribution is 0.598. The highest BCUT2D eigenvalue weighted by molar-refractivity contribution is 9.10. The normalized spacial score (nSPS) is 10.4. The van der Waals surface area contributed by atoms with Crippen LogP contribution >= 0.6 is 27.5 Å². The predicted molar refractivity (Wildman–Crippen MR) is 68.8 cm³/mol. The summed E-state index contributed by atoms with van der Waals surface area (Å²) in [6.45, 7) is 0. The Labute approximate surface area is 114 Å². The monoisotopic (exact) mass is 334 g/mol. The van der Waals surface area contributed by atoms with Crippen molar-refractivity contribution in [3.05, 3.63) is 39.7 Å². The van der Waals surface area contributed by atoms with E-state index in [1.807, 2.05) is 0 Å². The summed E-state index contributed by atoms with van der Waals surface area (Å²) in [6, 6.07) is 1.98. The van der Waals surface area contributed by atoms with Crippen LogP contribution in [0.5, 0.6) is 0 Å². The number of anilines is 3. The molecule has 0 atom stereocenters. The number of nitrogens with one attached hydrogen (secondary N) is 1. The van der Waals surface area contributed by atoms with Crippen LogP contribution in [0.1, 0.15) is 0 Å². The lowest BCUT2D eigenvalue weighted by Gasteiger charge is -2.09. The molecule has 2 aromatic rings. The fourth-order valence-corrected chi connectivity index (χ4v) is 1.66. The first-order valence-corrected chi connectivity index (χ1v) is 5.84. The van der Waals surface area contributed by atoms with Gasteiger partial charge in [-0.3, -0.25) is 0 Å². The van der Waals surface area contributed by atoms with Gasteiger partial charge in [-0.2, -0.15) is 4.98 Å². The van der Waals surface area contributed by atoms with Gasteiger partial charge in [-0.1, -0.05) is 0 Å². The average Bonchev–Trinajstić information content (AvgIpc) is 2.30. The number of halogens is 4. The van der Waals surface area contributed by atoms with Crippen LogP contribution in [0, 0.1) is 11.6 Å². The number of nitrogens with two attached hydrogens (primary N) is 1. The molecule has 0 fully saturated rings. The van der Waals surface area contributed by atoms with Gasteiger partial charge in [0.15, 0.2) is 5.82 Å². The number of hydrogen-bond donors (Lipinski definition) is 2. The largest absolute Gasteiger partial charge is 0.394 e. The van der Waals surface area contributed by atoms with E-state index in [2.05, 4.69) is 31.2 Å². The van der Waals surface area contributed by atoms with Crippen LogP contribution in [0.4, 0.5) is 26.0 Å². The van der Waals surface area contributed by atoms with Gasteiger partial charge in [0.05, 0.1) is 22.0 Å². The highest BCUT2D eigenvalue weighted by Gasteiger charge is 2.11. The summed E-state index contributed by atoms with van der Waals surface area (Å²) >= 11 is 8.46. The molecule has 0 radical (unpaired) electrons. The Morgan fingerprint density at radius 1 is 1.28 bits per heavy atom. The van der Waals surface area contributed by atoms with Crippen LogP contribution in [-0.4, -0.2) is 9.97 Å². The molecule has 18 heavy (non-hydrogen) atoms. The molecule has 0 aliphatic rings. The average molecular weight is 336 g/mol. The predicted octanol–water partition coefficient (Wildman–Crippen LogP) is 3.50. The fourth-order valence-electron chi connectivity index (χ4n) is 1.22. The third-order valence-electron chi connectivity index (χ3n) is 2.05. The molecule has 1 heterocycles. The van der Waals surface area contributed by atoms with E-state index in [4.69, 9.17) is 17.3 Å². The number of nitrogen functional groups attached to an aromatic ring is 1. The van der Waals surface area contributed by atoms with Gasteiger partial charge >= 0.3 is 0 Å². The molecular formula is C10H6BrClF2N4. The molecule has 3 N–H and O–H groups in total. The second-order valence-corrected chi connectivity index (χ2v) is 4.51. The Hall–Kier alpha value is -1.47. The zero-order valence-corrected chi connectivity index (χ0v) is 11.1. The van der Waals surface area contributed by atoms with Gasteiger partial charge in [-0.25, -0.2) is 13.8 Å². The summed E-state index contributed by atoms with van der Waals surface area (Å²) in [5.41, 5.74) is 5.65. The first-order valence-electron chi connectivity index (χ1n) is 4.67. The molecule has 0 aliphatic carbocycles. The van der Waals surface area contributed by atoms with Crippen molar-refractivity contribution in [2.24, 2.45) is 0 Å². The molecule has 0 amide bonds. The number of nitrogens with zero attached hydrogens (tertiary/aromatic N) is 2. The van der Waals surface area contributed by atoms with E-state index in [1.54, 1.807) is 0 Å². The minimum atomic E-state index is -0.655. The van der Waals surface area contributed by atoms with Crippen LogP contribution in [0.25, 0.3) is 0 Å². The number of aromatic nitrogens is 2. The van der Waals surface area contributed by atoms with Gasteiger partial charge in [0.25, 0.3) is 0 Å². The number of rotatable bonds is 2. The van der Waals surface area contributed by atoms with Crippen molar-refractivity contribution in [3.8, 4) is 0 Å². The third kappa shape index (κ3) is 2.68. The molecule has 4 nitrogen and oxygen atoms in total. The van der Waals surface area contributed by atoms with E-state index in [0.29, 0.717) is 0 Å². The standard InChI is InChI=1S/C10H6BrClF2N4/c11-4-1-6(14)8(2-5(4)13)17-9-7(15)3-16-10(12)18-9/h1-3H,15H2,(H,16,17,18). The molecule has 0 saturated carbocycles. The van der Waals surface area contributed by atoms with Crippen LogP contribution in [0.2, 0.25) is 5.28 Å². The van der Waals surface area contributed by atoms with Crippen LogP contribution in [0.15, 0.2) is 22.8 Å². The first kappa shape index (κ1) is 13.0. The van der Waals surface area contributed by atoms with Crippen molar-refractivity contribution in [2.45, 2.75) is 0 Å². The zero-order chi connectivity index (χ0) is 13.3. The molecule has 0 saturated heterocycles. The highest BCUT2D eigenvalue weighted by atomic mass is 79.9. The maximum atomic E-state index is 13.6. The molecular weight excluding hydrogens is 329 g/mol. The molecule has 1 aromatic carbocycles. The van der Waals surface area contributed by atoms with Gasteiger partial charge in [0, 0.05) is 6.07 Å². The molecule has 8 heteroatoms. The van der Waals surface area contributed by atoms with Crippen molar-refractivity contribution < 1.29 is 8.78 Å². The SMILES string of the molecule is Nc1cnc(Cl)nc1Nc1cc(F)c(Br)cc1F. The van der Waals surface area contributed by atoms with Crippen LogP contribution < -0.4 is 11.1 Å². The summed E-state index contributed by atoms with van der Waals surface area (Å²) in [7, 11) is 0. The number of hydrogen-bond acceptors (Lipinski definition) is 4. The first-order chi connectivity index (χ1) is 8.47. The maximum absolute atomic E-state index is 13.6. The highest BCUT2D eigenvalue weighted by Crippen LogP contribution is 2.27. The molecule has 1 aromatic heterocycles. The Kier molecular flexibility index (Phi) is 3.63. The minimum absolute atomic E-state index is 0.0271. The van der Waals surface area contributed by atoms with Gasteiger partial charge in [0.2, 0.25) is 5.28 Å². The Balaban J connectivity index is 2.40. The minimum Gasteiger partial charge on any atom is -0.394 e. The maximum Gasteiger partial charge on any atom is 0.224 e. The molecule has 0 aliphatic heterocycles. The summed E-state index contributed by atoms with van der Waals surface area (Å²) < 4.78 is 26.9. The van der Waals surface area contributed by atoms with Crippen molar-refractivity contribution in [2.75, 3.05) is 11.1 Å². The smallest absolute Gasteiger partial charge is 0.224 e. The van der Waals surface area contributed by atoms with E-state index in [1.165, 1.54) is 6.20 Å². The van der Waals surface area contributed by atoms with Crippen LogP contribution in [-0.2, 0) is 0 Å². The summed E-state index contributed by atoms with van der Waals surface area (Å²) in [5.74, 6) is -1.16. The van der Waals surface area contributed by atoms with E-state index >= 15 is 0 Å². The van der Waals surface area contributed by atoms with Crippen molar-refractivity contribution >= 4 is 44.7 Å². The quantitative estimate of drug-likeness (QED) is 0.651. The van der Waals surface area contributed by atoms with Crippen molar-refractivity contribution in [1.29, 1.82) is 0 Å². The molecule has 2 rings (SSSR count). The van der Waals surface area contributed by atoms with Gasteiger partial charge < -0.3 is 11.1 Å². The second-order valence-electron chi connectivity index (χ2n) is 3.31. The third-order valence-corrected chi connectivity index (χ3v) is 2.84. The molecule has 0 unspecified atom stereocenters. The zero-order valence-electron chi connectivity index (χ0n) is 8.72. The molecule has 0 bridgehead atoms. The summed E-state index contributed by atoms with van der Waals surface area (Å²) in [5, 5.41) is 2.50. The second kappa shape index (κ2) is 5.03. The van der Waals surface area contributed by atoms with E-state index in [0.717, 1.165) is 12.1 Å². The van der Waals surface area contributed by atoms with Crippen molar-refractivity contribution in [1.82, 2.24) is 9.97 Å². The van der Waals surface area contributed by atoms with Gasteiger partial charge in [-0.05, 0) is 33.6 Å². The lowest BCUT2D eigenvalue weighted by Crippen LogP contribution is -2.02. The fraction of sp³-hybridized carbons (Fsp3) is 0. The summed E-state index contributed by atoms with van der Waals surface area (Å²) in [6.07, 6.45) is 1.27. The van der Waals surface area contributed by atoms with E-state index in [9.17, 15) is 8.78 Å². The van der Waals surface area contributed by atoms with Crippen LogP contribution in [0.3, 0.4) is 0 Å². The topological polar surface area (TPSA) is 63.8 Å². The van der Waals surface area contributed by atoms with E-state index in [-0.39, 0.29) is 26.9 Å².